The predicted octanol–water partition coefficient (Wildman–Crippen LogP) is 2.93. The Kier molecular flexibility index (Phi) is 4.40. The van der Waals surface area contributed by atoms with Gasteiger partial charge in [0.15, 0.2) is 5.13 Å². The molecule has 1 aliphatic carbocycles. The van der Waals surface area contributed by atoms with Crippen LogP contribution in [0.4, 0.5) is 5.13 Å². The van der Waals surface area contributed by atoms with Gasteiger partial charge in [0.1, 0.15) is 0 Å². The highest BCUT2D eigenvalue weighted by Gasteiger charge is 2.17. The lowest BCUT2D eigenvalue weighted by molar-refractivity contribution is 0.362. The largest absolute Gasteiger partial charge is 0.351 e. The van der Waals surface area contributed by atoms with Gasteiger partial charge in [-0.15, -0.1) is 11.3 Å². The highest BCUT2D eigenvalue weighted by atomic mass is 32.1. The van der Waals surface area contributed by atoms with Gasteiger partial charge in [-0.3, -0.25) is 0 Å². The van der Waals surface area contributed by atoms with E-state index < -0.39 is 0 Å². The van der Waals surface area contributed by atoms with Crippen molar-refractivity contribution in [3.8, 4) is 0 Å². The summed E-state index contributed by atoms with van der Waals surface area (Å²) in [6.45, 7) is 3.81. The fourth-order valence-corrected chi connectivity index (χ4v) is 3.51. The SMILES string of the molecule is Cc1nc(N(C)CC2CCCCC2)sc1CN. The van der Waals surface area contributed by atoms with Crippen LogP contribution in [0, 0.1) is 12.8 Å². The molecule has 17 heavy (non-hydrogen) atoms. The van der Waals surface area contributed by atoms with Crippen molar-refractivity contribution in [2.24, 2.45) is 11.7 Å². The fraction of sp³-hybridized carbons (Fsp3) is 0.769. The summed E-state index contributed by atoms with van der Waals surface area (Å²) in [7, 11) is 2.16. The number of anilines is 1. The third-order valence-corrected chi connectivity index (χ3v) is 4.94. The van der Waals surface area contributed by atoms with Crippen LogP contribution in [0.1, 0.15) is 42.7 Å². The van der Waals surface area contributed by atoms with E-state index in [1.807, 2.05) is 0 Å². The Bertz CT molecular complexity index is 356. The normalized spacial score (nSPS) is 17.4. The second-order valence-corrected chi connectivity index (χ2v) is 6.16. The Balaban J connectivity index is 1.95. The maximum Gasteiger partial charge on any atom is 0.185 e. The van der Waals surface area contributed by atoms with Crippen LogP contribution in [0.15, 0.2) is 0 Å². The first-order valence-electron chi connectivity index (χ1n) is 6.58. The van der Waals surface area contributed by atoms with Crippen LogP contribution in [-0.4, -0.2) is 18.6 Å². The van der Waals surface area contributed by atoms with Crippen LogP contribution < -0.4 is 10.6 Å². The molecule has 2 N–H and O–H groups in total. The first-order chi connectivity index (χ1) is 8.20. The van der Waals surface area contributed by atoms with Crippen molar-refractivity contribution in [2.45, 2.75) is 45.6 Å². The Morgan fingerprint density at radius 1 is 1.35 bits per heavy atom. The van der Waals surface area contributed by atoms with Gasteiger partial charge in [-0.25, -0.2) is 4.98 Å². The average Bonchev–Trinajstić information content (AvgIpc) is 2.72. The quantitative estimate of drug-likeness (QED) is 0.897. The standard InChI is InChI=1S/C13H23N3S/c1-10-12(8-14)17-13(15-10)16(2)9-11-6-4-3-5-7-11/h11H,3-9,14H2,1-2H3. The third kappa shape index (κ3) is 3.19. The topological polar surface area (TPSA) is 42.2 Å². The predicted molar refractivity (Wildman–Crippen MR) is 74.6 cm³/mol. The van der Waals surface area contributed by atoms with Gasteiger partial charge in [-0.1, -0.05) is 19.3 Å². The molecule has 1 aromatic heterocycles. The lowest BCUT2D eigenvalue weighted by Crippen LogP contribution is -2.26. The van der Waals surface area contributed by atoms with Gasteiger partial charge in [0.25, 0.3) is 0 Å². The van der Waals surface area contributed by atoms with Crippen molar-refractivity contribution in [3.63, 3.8) is 0 Å². The lowest BCUT2D eigenvalue weighted by Gasteiger charge is -2.26. The molecule has 0 atom stereocenters. The zero-order valence-electron chi connectivity index (χ0n) is 10.9. The molecule has 1 aliphatic rings. The molecule has 0 aliphatic heterocycles. The summed E-state index contributed by atoms with van der Waals surface area (Å²) in [6.07, 6.45) is 7.01. The maximum absolute atomic E-state index is 5.70. The van der Waals surface area contributed by atoms with Crippen molar-refractivity contribution in [1.29, 1.82) is 0 Å². The summed E-state index contributed by atoms with van der Waals surface area (Å²) in [6, 6.07) is 0. The van der Waals surface area contributed by atoms with E-state index in [1.54, 1.807) is 11.3 Å². The maximum atomic E-state index is 5.70. The first kappa shape index (κ1) is 12.8. The van der Waals surface area contributed by atoms with E-state index >= 15 is 0 Å². The van der Waals surface area contributed by atoms with Crippen LogP contribution in [0.3, 0.4) is 0 Å². The van der Waals surface area contributed by atoms with Crippen molar-refractivity contribution in [3.05, 3.63) is 10.6 Å². The van der Waals surface area contributed by atoms with Crippen LogP contribution in [0.2, 0.25) is 0 Å². The van der Waals surface area contributed by atoms with Gasteiger partial charge in [0.05, 0.1) is 5.69 Å². The van der Waals surface area contributed by atoms with Gasteiger partial charge in [0.2, 0.25) is 0 Å². The zero-order chi connectivity index (χ0) is 12.3. The molecule has 1 saturated carbocycles. The fourth-order valence-electron chi connectivity index (χ4n) is 2.60. The average molecular weight is 253 g/mol. The molecule has 0 unspecified atom stereocenters. The first-order valence-corrected chi connectivity index (χ1v) is 7.40. The second kappa shape index (κ2) is 5.83. The molecule has 1 aromatic rings. The van der Waals surface area contributed by atoms with E-state index in [2.05, 4.69) is 23.9 Å². The number of aryl methyl sites for hydroxylation is 1. The molecule has 0 saturated heterocycles. The minimum absolute atomic E-state index is 0.612. The Morgan fingerprint density at radius 3 is 2.65 bits per heavy atom. The summed E-state index contributed by atoms with van der Waals surface area (Å²) < 4.78 is 0. The molecule has 2 rings (SSSR count). The van der Waals surface area contributed by atoms with E-state index in [0.717, 1.165) is 23.3 Å². The van der Waals surface area contributed by atoms with Gasteiger partial charge in [-0.2, -0.15) is 0 Å². The molecule has 3 nitrogen and oxygen atoms in total. The Hall–Kier alpha value is -0.610. The number of thiazole rings is 1. The van der Waals surface area contributed by atoms with E-state index in [9.17, 15) is 0 Å². The van der Waals surface area contributed by atoms with Gasteiger partial charge in [-0.05, 0) is 25.7 Å². The molecular formula is C13H23N3S. The molecule has 0 spiro atoms. The number of hydrogen-bond donors (Lipinski definition) is 1. The van der Waals surface area contributed by atoms with Crippen molar-refractivity contribution >= 4 is 16.5 Å². The minimum Gasteiger partial charge on any atom is -0.351 e. The van der Waals surface area contributed by atoms with Crippen LogP contribution in [-0.2, 0) is 6.54 Å². The summed E-state index contributed by atoms with van der Waals surface area (Å²) in [5, 5.41) is 1.13. The smallest absolute Gasteiger partial charge is 0.185 e. The number of hydrogen-bond acceptors (Lipinski definition) is 4. The van der Waals surface area contributed by atoms with Crippen LogP contribution in [0.25, 0.3) is 0 Å². The number of nitrogens with zero attached hydrogens (tertiary/aromatic N) is 2. The molecule has 4 heteroatoms. The molecule has 0 aromatic carbocycles. The summed E-state index contributed by atoms with van der Waals surface area (Å²) in [5.41, 5.74) is 6.80. The Morgan fingerprint density at radius 2 is 2.06 bits per heavy atom. The molecular weight excluding hydrogens is 230 g/mol. The number of nitrogens with two attached hydrogens (primary N) is 1. The second-order valence-electron chi connectivity index (χ2n) is 5.09. The molecule has 0 amide bonds. The van der Waals surface area contributed by atoms with E-state index in [0.29, 0.717) is 6.54 Å². The number of aromatic nitrogens is 1. The third-order valence-electron chi connectivity index (χ3n) is 3.65. The van der Waals surface area contributed by atoms with Gasteiger partial charge in [0, 0.05) is 25.0 Å². The van der Waals surface area contributed by atoms with Gasteiger partial charge >= 0.3 is 0 Å². The summed E-state index contributed by atoms with van der Waals surface area (Å²) in [5.74, 6) is 0.860. The minimum atomic E-state index is 0.612. The summed E-state index contributed by atoms with van der Waals surface area (Å²) in [4.78, 5) is 8.14. The number of rotatable bonds is 4. The molecule has 0 bridgehead atoms. The highest BCUT2D eigenvalue weighted by molar-refractivity contribution is 7.15. The molecule has 1 heterocycles. The molecule has 96 valence electrons. The Labute approximate surface area is 108 Å². The van der Waals surface area contributed by atoms with Crippen LogP contribution in [0.5, 0.6) is 0 Å². The summed E-state index contributed by atoms with van der Waals surface area (Å²) >= 11 is 1.75. The lowest BCUT2D eigenvalue weighted by atomic mass is 9.89. The molecule has 1 fully saturated rings. The highest BCUT2D eigenvalue weighted by Crippen LogP contribution is 2.29. The van der Waals surface area contributed by atoms with Crippen molar-refractivity contribution < 1.29 is 0 Å². The van der Waals surface area contributed by atoms with E-state index in [1.165, 1.54) is 37.0 Å². The van der Waals surface area contributed by atoms with Crippen LogP contribution >= 0.6 is 11.3 Å². The van der Waals surface area contributed by atoms with E-state index in [4.69, 9.17) is 5.73 Å². The molecule has 0 radical (unpaired) electrons. The zero-order valence-corrected chi connectivity index (χ0v) is 11.7. The van der Waals surface area contributed by atoms with E-state index in [-0.39, 0.29) is 0 Å². The monoisotopic (exact) mass is 253 g/mol. The van der Waals surface area contributed by atoms with Crippen molar-refractivity contribution in [1.82, 2.24) is 4.98 Å². The van der Waals surface area contributed by atoms with Crippen molar-refractivity contribution in [2.75, 3.05) is 18.5 Å². The van der Waals surface area contributed by atoms with Gasteiger partial charge < -0.3 is 10.6 Å².